The average molecular weight is 142 g/mol. The fourth-order valence-electron chi connectivity index (χ4n) is 0.118. The zero-order chi connectivity index (χ0) is 5.91. The topological polar surface area (TPSA) is 34.1 Å². The normalized spacial score (nSPS) is 11.7. The van der Waals surface area contributed by atoms with Gasteiger partial charge in [-0.05, 0) is 0 Å². The van der Waals surface area contributed by atoms with Crippen molar-refractivity contribution < 1.29 is 8.42 Å². The maximum Gasteiger partial charge on any atom is 0.152 e. The molecule has 4 heteroatoms. The molecule has 43 valence electrons. The van der Waals surface area contributed by atoms with Gasteiger partial charge in [0.1, 0.15) is 0 Å². The second-order valence-electron chi connectivity index (χ2n) is 1.14. The van der Waals surface area contributed by atoms with Crippen LogP contribution >= 0.6 is 11.6 Å². The van der Waals surface area contributed by atoms with Crippen molar-refractivity contribution in [2.75, 3.05) is 11.6 Å². The Hall–Kier alpha value is 0.240. The van der Waals surface area contributed by atoms with Crippen molar-refractivity contribution >= 4 is 21.4 Å². The molecule has 0 saturated heterocycles. The Morgan fingerprint density at radius 1 is 1.57 bits per heavy atom. The summed E-state index contributed by atoms with van der Waals surface area (Å²) in [4.78, 5) is 0. The van der Waals surface area contributed by atoms with E-state index < -0.39 is 9.84 Å². The summed E-state index contributed by atoms with van der Waals surface area (Å²) in [6.45, 7) is 0. The van der Waals surface area contributed by atoms with Crippen LogP contribution in [-0.2, 0) is 9.84 Å². The molecule has 0 saturated carbocycles. The van der Waals surface area contributed by atoms with Gasteiger partial charge in [-0.1, -0.05) is 0 Å². The van der Waals surface area contributed by atoms with Gasteiger partial charge in [0.2, 0.25) is 0 Å². The molecule has 2 nitrogen and oxygen atoms in total. The van der Waals surface area contributed by atoms with Crippen molar-refractivity contribution in [3.8, 4) is 0 Å². The predicted octanol–water partition coefficient (Wildman–Crippen LogP) is 0.432. The van der Waals surface area contributed by atoms with Crippen molar-refractivity contribution in [1.82, 2.24) is 0 Å². The highest BCUT2D eigenvalue weighted by molar-refractivity contribution is 7.92. The van der Waals surface area contributed by atoms with E-state index in [1.54, 1.807) is 0 Å². The molecule has 0 unspecified atom stereocenters. The lowest BCUT2D eigenvalue weighted by Gasteiger charge is -1.85. The van der Waals surface area contributed by atoms with Crippen LogP contribution in [0.2, 0.25) is 0 Å². The summed E-state index contributed by atoms with van der Waals surface area (Å²) in [5.41, 5.74) is 0. The Balaban J connectivity index is 3.60. The van der Waals surface area contributed by atoms with Gasteiger partial charge in [0, 0.05) is 5.88 Å². The van der Waals surface area contributed by atoms with E-state index in [0.717, 1.165) is 0 Å². The maximum atomic E-state index is 10.0. The summed E-state index contributed by atoms with van der Waals surface area (Å²) >= 11 is 5.07. The quantitative estimate of drug-likeness (QED) is 0.523. The highest BCUT2D eigenvalue weighted by Gasteiger charge is 1.97. The van der Waals surface area contributed by atoms with E-state index in [1.807, 2.05) is 0 Å². The number of halogens is 1. The van der Waals surface area contributed by atoms with Gasteiger partial charge in [-0.2, -0.15) is 0 Å². The van der Waals surface area contributed by atoms with Crippen LogP contribution in [0.25, 0.3) is 0 Å². The van der Waals surface area contributed by atoms with E-state index in [1.165, 1.54) is 0 Å². The lowest BCUT2D eigenvalue weighted by molar-refractivity contribution is 0.605. The first-order chi connectivity index (χ1) is 3.06. The van der Waals surface area contributed by atoms with Crippen molar-refractivity contribution in [3.63, 3.8) is 0 Å². The molecule has 0 aromatic heterocycles. The van der Waals surface area contributed by atoms with E-state index in [-0.39, 0.29) is 11.6 Å². The lowest BCUT2D eigenvalue weighted by atomic mass is 11.0. The van der Waals surface area contributed by atoms with Crippen LogP contribution in [-0.4, -0.2) is 20.1 Å². The van der Waals surface area contributed by atoms with Crippen LogP contribution in [0.15, 0.2) is 0 Å². The van der Waals surface area contributed by atoms with Gasteiger partial charge >= 0.3 is 0 Å². The molecular formula is C3H6ClO2S. The third-order valence-electron chi connectivity index (χ3n) is 0.388. The summed E-state index contributed by atoms with van der Waals surface area (Å²) in [6, 6.07) is 0. The minimum atomic E-state index is -3.06. The van der Waals surface area contributed by atoms with Crippen LogP contribution in [0.5, 0.6) is 0 Å². The molecule has 1 radical (unpaired) electrons. The van der Waals surface area contributed by atoms with Crippen LogP contribution in [0.1, 0.15) is 0 Å². The summed E-state index contributed by atoms with van der Waals surface area (Å²) in [6.07, 6.45) is 2.85. The molecule has 0 N–H and O–H groups in total. The Labute approximate surface area is 48.4 Å². The Morgan fingerprint density at radius 2 is 2.00 bits per heavy atom. The maximum absolute atomic E-state index is 10.0. The zero-order valence-electron chi connectivity index (χ0n) is 3.72. The number of hydrogen-bond acceptors (Lipinski definition) is 2. The van der Waals surface area contributed by atoms with Crippen LogP contribution in [0.4, 0.5) is 0 Å². The fourth-order valence-corrected chi connectivity index (χ4v) is 1.06. The molecule has 0 fully saturated rings. The monoisotopic (exact) mass is 141 g/mol. The van der Waals surface area contributed by atoms with Crippen molar-refractivity contribution in [2.24, 2.45) is 0 Å². The van der Waals surface area contributed by atoms with E-state index in [2.05, 4.69) is 6.26 Å². The summed E-state index contributed by atoms with van der Waals surface area (Å²) in [7, 11) is -3.06. The second kappa shape index (κ2) is 2.52. The predicted molar refractivity (Wildman–Crippen MR) is 29.9 cm³/mol. The first-order valence-corrected chi connectivity index (χ1v) is 4.03. The standard InChI is InChI=1S/C3H6ClO2S/c1-7(5,6)3-2-4/h1-3H2. The molecule has 0 aromatic carbocycles. The van der Waals surface area contributed by atoms with Crippen LogP contribution in [0.3, 0.4) is 0 Å². The number of rotatable bonds is 2. The molecule has 0 amide bonds. The van der Waals surface area contributed by atoms with Gasteiger partial charge in [0.25, 0.3) is 0 Å². The minimum Gasteiger partial charge on any atom is -0.229 e. The second-order valence-corrected chi connectivity index (χ2v) is 3.41. The van der Waals surface area contributed by atoms with Crippen molar-refractivity contribution in [3.05, 3.63) is 6.26 Å². The smallest absolute Gasteiger partial charge is 0.152 e. The molecule has 0 rings (SSSR count). The van der Waals surface area contributed by atoms with Gasteiger partial charge < -0.3 is 0 Å². The molecular weight excluding hydrogens is 136 g/mol. The molecule has 0 spiro atoms. The number of sulfone groups is 1. The molecule has 0 aromatic rings. The van der Waals surface area contributed by atoms with Gasteiger partial charge in [-0.3, -0.25) is 0 Å². The third-order valence-corrected chi connectivity index (χ3v) is 1.63. The molecule has 7 heavy (non-hydrogen) atoms. The first-order valence-electron chi connectivity index (χ1n) is 1.68. The first kappa shape index (κ1) is 7.24. The molecule has 0 heterocycles. The van der Waals surface area contributed by atoms with E-state index >= 15 is 0 Å². The van der Waals surface area contributed by atoms with E-state index in [9.17, 15) is 8.42 Å². The highest BCUT2D eigenvalue weighted by atomic mass is 35.5. The minimum absolute atomic E-state index is 0.0332. The largest absolute Gasteiger partial charge is 0.229 e. The number of alkyl halides is 1. The van der Waals surface area contributed by atoms with E-state index in [4.69, 9.17) is 11.6 Å². The van der Waals surface area contributed by atoms with Crippen molar-refractivity contribution in [2.45, 2.75) is 0 Å². The lowest BCUT2D eigenvalue weighted by Crippen LogP contribution is -2.00. The third kappa shape index (κ3) is 6.24. The van der Waals surface area contributed by atoms with Gasteiger partial charge in [0.15, 0.2) is 9.84 Å². The Kier molecular flexibility index (Phi) is 2.61. The number of hydrogen-bond donors (Lipinski definition) is 0. The molecule has 0 aliphatic heterocycles. The molecule has 0 aliphatic carbocycles. The van der Waals surface area contributed by atoms with E-state index in [0.29, 0.717) is 0 Å². The average Bonchev–Trinajstić information content (AvgIpc) is 1.30. The van der Waals surface area contributed by atoms with Gasteiger partial charge in [0.05, 0.1) is 12.0 Å². The molecule has 0 atom stereocenters. The highest BCUT2D eigenvalue weighted by Crippen LogP contribution is 1.85. The molecule has 0 bridgehead atoms. The Bertz CT molecular complexity index is 126. The van der Waals surface area contributed by atoms with Crippen molar-refractivity contribution in [1.29, 1.82) is 0 Å². The zero-order valence-corrected chi connectivity index (χ0v) is 5.30. The SMILES string of the molecule is [CH2]S(=O)(=O)CCCl. The fraction of sp³-hybridized carbons (Fsp3) is 0.667. The van der Waals surface area contributed by atoms with Crippen LogP contribution in [0, 0.1) is 6.26 Å². The molecule has 0 aliphatic rings. The summed E-state index contributed by atoms with van der Waals surface area (Å²) < 4.78 is 20.1. The summed E-state index contributed by atoms with van der Waals surface area (Å²) in [5.74, 6) is 0.0976. The Morgan fingerprint density at radius 3 is 2.00 bits per heavy atom. The van der Waals surface area contributed by atoms with Crippen LogP contribution < -0.4 is 0 Å². The summed E-state index contributed by atoms with van der Waals surface area (Å²) in [5, 5.41) is 0. The van der Waals surface area contributed by atoms with Gasteiger partial charge in [-0.15, -0.1) is 11.6 Å². The van der Waals surface area contributed by atoms with Gasteiger partial charge in [-0.25, -0.2) is 8.42 Å².